The van der Waals surface area contributed by atoms with Gasteiger partial charge in [-0.05, 0) is 48.9 Å². The summed E-state index contributed by atoms with van der Waals surface area (Å²) in [5.74, 6) is -1.49. The van der Waals surface area contributed by atoms with Gasteiger partial charge < -0.3 is 10.1 Å². The molecule has 0 radical (unpaired) electrons. The zero-order valence-corrected chi connectivity index (χ0v) is 18.4. The van der Waals surface area contributed by atoms with Gasteiger partial charge in [0.15, 0.2) is 5.69 Å². The Hall–Kier alpha value is -4.48. The predicted molar refractivity (Wildman–Crippen MR) is 118 cm³/mol. The van der Waals surface area contributed by atoms with Gasteiger partial charge in [0.05, 0.1) is 25.0 Å². The lowest BCUT2D eigenvalue weighted by Gasteiger charge is -2.13. The third kappa shape index (κ3) is 5.37. The molecule has 0 aliphatic rings. The third-order valence-electron chi connectivity index (χ3n) is 4.93. The van der Waals surface area contributed by atoms with Crippen molar-refractivity contribution < 1.29 is 27.5 Å². The van der Waals surface area contributed by atoms with Crippen LogP contribution in [0.25, 0.3) is 5.69 Å². The molecular weight excluding hydrogens is 465 g/mol. The maximum absolute atomic E-state index is 13.7. The molecule has 0 aliphatic carbocycles. The fourth-order valence-electron chi connectivity index (χ4n) is 3.33. The van der Waals surface area contributed by atoms with E-state index in [9.17, 15) is 22.8 Å². The van der Waals surface area contributed by atoms with E-state index in [2.05, 4.69) is 20.5 Å². The fraction of sp³-hybridized carbons (Fsp3) is 0.174. The minimum atomic E-state index is -4.84. The average molecular weight is 484 g/mol. The molecule has 0 unspecified atom stereocenters. The summed E-state index contributed by atoms with van der Waals surface area (Å²) in [4.78, 5) is 28.4. The highest BCUT2D eigenvalue weighted by Gasteiger charge is 2.41. The van der Waals surface area contributed by atoms with Gasteiger partial charge >= 0.3 is 12.1 Å². The molecule has 0 aliphatic heterocycles. The van der Waals surface area contributed by atoms with E-state index in [1.807, 2.05) is 0 Å². The van der Waals surface area contributed by atoms with Crippen molar-refractivity contribution in [3.63, 3.8) is 0 Å². The molecule has 12 heteroatoms. The summed E-state index contributed by atoms with van der Waals surface area (Å²) in [5.41, 5.74) is -0.150. The molecule has 0 spiro atoms. The number of esters is 1. The van der Waals surface area contributed by atoms with Crippen molar-refractivity contribution in [2.75, 3.05) is 11.9 Å². The summed E-state index contributed by atoms with van der Waals surface area (Å²) in [7, 11) is 0. The summed E-state index contributed by atoms with van der Waals surface area (Å²) >= 11 is 0. The van der Waals surface area contributed by atoms with Gasteiger partial charge in [0.2, 0.25) is 0 Å². The highest BCUT2D eigenvalue weighted by atomic mass is 19.4. The van der Waals surface area contributed by atoms with Crippen molar-refractivity contribution in [2.45, 2.75) is 19.6 Å². The Morgan fingerprint density at radius 2 is 1.74 bits per heavy atom. The first-order valence-electron chi connectivity index (χ1n) is 10.4. The van der Waals surface area contributed by atoms with Gasteiger partial charge in [0, 0.05) is 11.3 Å². The summed E-state index contributed by atoms with van der Waals surface area (Å²) in [5, 5.41) is 10.4. The van der Waals surface area contributed by atoms with Gasteiger partial charge in [0.25, 0.3) is 5.91 Å². The lowest BCUT2D eigenvalue weighted by molar-refractivity contribution is -0.143. The number of benzene rings is 2. The smallest absolute Gasteiger partial charge is 0.434 e. The van der Waals surface area contributed by atoms with Crippen LogP contribution in [0.2, 0.25) is 0 Å². The Labute approximate surface area is 197 Å². The Morgan fingerprint density at radius 3 is 2.34 bits per heavy atom. The van der Waals surface area contributed by atoms with E-state index in [-0.39, 0.29) is 18.2 Å². The van der Waals surface area contributed by atoms with Crippen molar-refractivity contribution in [3.8, 4) is 5.69 Å². The Balaban J connectivity index is 1.48. The van der Waals surface area contributed by atoms with E-state index in [1.165, 1.54) is 37.5 Å². The van der Waals surface area contributed by atoms with E-state index < -0.39 is 23.4 Å². The molecule has 1 amide bonds. The number of hydrogen-bond donors (Lipinski definition) is 1. The van der Waals surface area contributed by atoms with Crippen LogP contribution in [0.15, 0.2) is 67.4 Å². The highest BCUT2D eigenvalue weighted by Crippen LogP contribution is 2.34. The number of halogens is 3. The third-order valence-corrected chi connectivity index (χ3v) is 4.93. The molecule has 4 rings (SSSR count). The number of anilines is 1. The van der Waals surface area contributed by atoms with Crippen LogP contribution in [0.5, 0.6) is 0 Å². The van der Waals surface area contributed by atoms with Crippen molar-refractivity contribution in [1.82, 2.24) is 24.5 Å². The minimum Gasteiger partial charge on any atom is -0.462 e. The summed E-state index contributed by atoms with van der Waals surface area (Å²) in [6, 6.07) is 12.5. The Kier molecular flexibility index (Phi) is 6.62. The summed E-state index contributed by atoms with van der Waals surface area (Å²) in [6.45, 7) is 1.94. The summed E-state index contributed by atoms with van der Waals surface area (Å²) in [6.07, 6.45) is -1.000. The monoisotopic (exact) mass is 484 g/mol. The summed E-state index contributed by atoms with van der Waals surface area (Å²) < 4.78 is 48.0. The van der Waals surface area contributed by atoms with Crippen LogP contribution in [0.3, 0.4) is 0 Å². The molecule has 9 nitrogen and oxygen atoms in total. The van der Waals surface area contributed by atoms with Crippen LogP contribution in [0, 0.1) is 0 Å². The number of carbonyl (C=O) groups excluding carboxylic acids is 2. The van der Waals surface area contributed by atoms with Gasteiger partial charge in [-0.2, -0.15) is 23.4 Å². The molecule has 2 aromatic carbocycles. The van der Waals surface area contributed by atoms with Crippen molar-refractivity contribution >= 4 is 17.6 Å². The molecule has 0 fully saturated rings. The fourth-order valence-corrected chi connectivity index (χ4v) is 3.33. The maximum Gasteiger partial charge on any atom is 0.434 e. The topological polar surface area (TPSA) is 104 Å². The highest BCUT2D eigenvalue weighted by molar-refractivity contribution is 6.04. The zero-order chi connectivity index (χ0) is 25.0. The second kappa shape index (κ2) is 9.79. The largest absolute Gasteiger partial charge is 0.462 e. The lowest BCUT2D eigenvalue weighted by Crippen LogP contribution is -2.18. The number of amides is 1. The molecule has 0 bridgehead atoms. The van der Waals surface area contributed by atoms with Crippen LogP contribution in [0.4, 0.5) is 18.9 Å². The molecule has 4 aromatic rings. The number of alkyl halides is 3. The average Bonchev–Trinajstić information content (AvgIpc) is 3.50. The quantitative estimate of drug-likeness (QED) is 0.398. The normalized spacial score (nSPS) is 11.3. The van der Waals surface area contributed by atoms with Crippen molar-refractivity contribution in [2.24, 2.45) is 0 Å². The first-order valence-corrected chi connectivity index (χ1v) is 10.4. The van der Waals surface area contributed by atoms with Gasteiger partial charge in [0.1, 0.15) is 18.2 Å². The van der Waals surface area contributed by atoms with Crippen LogP contribution in [-0.4, -0.2) is 43.0 Å². The standard InChI is InChI=1S/C23H19F3N6O3/c1-2-35-22(34)19-11-28-32(20(19)23(24,25)26)18-9-7-17(8-10-18)30-21(33)16-5-3-15(4-6-16)12-31-14-27-13-29-31/h3-11,13-14H,2,12H2,1H3,(H,30,33). The lowest BCUT2D eigenvalue weighted by atomic mass is 10.1. The Bertz CT molecular complexity index is 1310. The number of ether oxygens (including phenoxy) is 1. The molecule has 35 heavy (non-hydrogen) atoms. The Morgan fingerprint density at radius 1 is 1.03 bits per heavy atom. The van der Waals surface area contributed by atoms with E-state index in [0.29, 0.717) is 22.5 Å². The number of nitrogens with zero attached hydrogens (tertiary/aromatic N) is 5. The molecule has 0 saturated carbocycles. The van der Waals surface area contributed by atoms with Crippen LogP contribution in [0.1, 0.15) is 38.9 Å². The van der Waals surface area contributed by atoms with E-state index in [0.717, 1.165) is 11.8 Å². The molecule has 2 heterocycles. The molecule has 0 atom stereocenters. The first-order chi connectivity index (χ1) is 16.8. The van der Waals surface area contributed by atoms with Gasteiger partial charge in [-0.15, -0.1) is 0 Å². The van der Waals surface area contributed by atoms with Gasteiger partial charge in [-0.3, -0.25) is 4.79 Å². The van der Waals surface area contributed by atoms with Crippen molar-refractivity contribution in [3.05, 3.63) is 89.8 Å². The molecule has 1 N–H and O–H groups in total. The van der Waals surface area contributed by atoms with Crippen LogP contribution in [-0.2, 0) is 17.5 Å². The van der Waals surface area contributed by atoms with E-state index in [1.54, 1.807) is 35.3 Å². The van der Waals surface area contributed by atoms with Crippen molar-refractivity contribution in [1.29, 1.82) is 0 Å². The first kappa shape index (κ1) is 23.7. The zero-order valence-electron chi connectivity index (χ0n) is 18.4. The van der Waals surface area contributed by atoms with Gasteiger partial charge in [-0.1, -0.05) is 12.1 Å². The molecule has 0 saturated heterocycles. The molecular formula is C23H19F3N6O3. The number of hydrogen-bond acceptors (Lipinski definition) is 6. The van der Waals surface area contributed by atoms with E-state index >= 15 is 0 Å². The number of rotatable bonds is 7. The van der Waals surface area contributed by atoms with Crippen LogP contribution < -0.4 is 5.32 Å². The minimum absolute atomic E-state index is 0.0586. The number of carbonyl (C=O) groups is 2. The van der Waals surface area contributed by atoms with E-state index in [4.69, 9.17) is 4.74 Å². The second-order valence-corrected chi connectivity index (χ2v) is 7.33. The SMILES string of the molecule is CCOC(=O)c1cnn(-c2ccc(NC(=O)c3ccc(Cn4cncn4)cc3)cc2)c1C(F)(F)F. The predicted octanol–water partition coefficient (Wildman–Crippen LogP) is 3.96. The van der Waals surface area contributed by atoms with Crippen LogP contribution >= 0.6 is 0 Å². The number of aromatic nitrogens is 5. The molecule has 180 valence electrons. The molecule has 2 aromatic heterocycles. The van der Waals surface area contributed by atoms with Gasteiger partial charge in [-0.25, -0.2) is 19.1 Å². The second-order valence-electron chi connectivity index (χ2n) is 7.33. The number of nitrogens with one attached hydrogen (secondary N) is 1. The maximum atomic E-state index is 13.7.